The lowest BCUT2D eigenvalue weighted by molar-refractivity contribution is -0.123. The van der Waals surface area contributed by atoms with Crippen LogP contribution in [0.15, 0.2) is 0 Å². The fraction of sp³-hybridized carbons (Fsp3) is 0.875. The monoisotopic (exact) mass is 154 g/mol. The highest BCUT2D eigenvalue weighted by atomic mass is 16.1. The molecule has 1 spiro atoms. The van der Waals surface area contributed by atoms with E-state index >= 15 is 0 Å². The third kappa shape index (κ3) is 1.08. The first-order valence-electron chi connectivity index (χ1n) is 4.33. The Morgan fingerprint density at radius 2 is 2.27 bits per heavy atom. The predicted octanol–water partition coefficient (Wildman–Crippen LogP) is -0.329. The summed E-state index contributed by atoms with van der Waals surface area (Å²) in [6.45, 7) is 2.77. The molecule has 3 nitrogen and oxygen atoms in total. The zero-order valence-electron chi connectivity index (χ0n) is 6.65. The predicted molar refractivity (Wildman–Crippen MR) is 42.5 cm³/mol. The summed E-state index contributed by atoms with van der Waals surface area (Å²) in [5.74, 6) is 0.407. The molecule has 2 fully saturated rings. The van der Waals surface area contributed by atoms with Gasteiger partial charge in [0.2, 0.25) is 0 Å². The largest absolute Gasteiger partial charge is 0.313 e. The minimum atomic E-state index is -0.168. The van der Waals surface area contributed by atoms with E-state index in [1.165, 1.54) is 0 Å². The molecule has 1 unspecified atom stereocenters. The van der Waals surface area contributed by atoms with Crippen molar-refractivity contribution in [1.82, 2.24) is 10.6 Å². The van der Waals surface area contributed by atoms with E-state index in [0.29, 0.717) is 5.78 Å². The van der Waals surface area contributed by atoms with Crippen molar-refractivity contribution < 1.29 is 4.79 Å². The van der Waals surface area contributed by atoms with Crippen LogP contribution in [0.1, 0.15) is 19.3 Å². The fourth-order valence-electron chi connectivity index (χ4n) is 2.06. The van der Waals surface area contributed by atoms with Gasteiger partial charge in [-0.25, -0.2) is 0 Å². The second-order valence-corrected chi connectivity index (χ2v) is 3.46. The second-order valence-electron chi connectivity index (χ2n) is 3.46. The third-order valence-electron chi connectivity index (χ3n) is 2.73. The number of piperazine rings is 1. The van der Waals surface area contributed by atoms with Crippen LogP contribution in [-0.2, 0) is 4.79 Å². The van der Waals surface area contributed by atoms with E-state index in [1.54, 1.807) is 0 Å². The molecule has 1 saturated carbocycles. The van der Waals surface area contributed by atoms with Gasteiger partial charge in [0, 0.05) is 26.1 Å². The topological polar surface area (TPSA) is 41.1 Å². The Balaban J connectivity index is 2.12. The maximum absolute atomic E-state index is 11.4. The molecule has 3 heteroatoms. The summed E-state index contributed by atoms with van der Waals surface area (Å²) in [7, 11) is 0. The Morgan fingerprint density at radius 3 is 2.82 bits per heavy atom. The van der Waals surface area contributed by atoms with Crippen molar-refractivity contribution in [3.05, 3.63) is 0 Å². The lowest BCUT2D eigenvalue weighted by atomic mass is 9.95. The molecule has 62 valence electrons. The molecule has 1 saturated heterocycles. The Kier molecular flexibility index (Phi) is 1.69. The standard InChI is InChI=1S/C8H14N2O/c11-7-2-1-3-8(7)6-9-4-5-10-8/h9-10H,1-6H2. The van der Waals surface area contributed by atoms with E-state index in [1.807, 2.05) is 0 Å². The van der Waals surface area contributed by atoms with Crippen LogP contribution in [0.3, 0.4) is 0 Å². The van der Waals surface area contributed by atoms with E-state index in [9.17, 15) is 4.79 Å². The van der Waals surface area contributed by atoms with Gasteiger partial charge in [-0.15, -0.1) is 0 Å². The van der Waals surface area contributed by atoms with Crippen LogP contribution < -0.4 is 10.6 Å². The average molecular weight is 154 g/mol. The molecule has 1 heterocycles. The van der Waals surface area contributed by atoms with Crippen molar-refractivity contribution in [1.29, 1.82) is 0 Å². The average Bonchev–Trinajstić information content (AvgIpc) is 2.36. The highest BCUT2D eigenvalue weighted by Gasteiger charge is 2.42. The summed E-state index contributed by atoms with van der Waals surface area (Å²) in [6.07, 6.45) is 2.86. The van der Waals surface area contributed by atoms with Crippen LogP contribution in [-0.4, -0.2) is 31.0 Å². The van der Waals surface area contributed by atoms with Gasteiger partial charge in [-0.1, -0.05) is 0 Å². The maximum atomic E-state index is 11.4. The molecule has 2 rings (SSSR count). The number of carbonyl (C=O) groups is 1. The third-order valence-corrected chi connectivity index (χ3v) is 2.73. The van der Waals surface area contributed by atoms with Gasteiger partial charge in [-0.3, -0.25) is 4.79 Å². The second kappa shape index (κ2) is 2.57. The quantitative estimate of drug-likeness (QED) is 0.502. The number of hydrogen-bond donors (Lipinski definition) is 2. The minimum Gasteiger partial charge on any atom is -0.313 e. The van der Waals surface area contributed by atoms with Crippen LogP contribution in [0.5, 0.6) is 0 Å². The van der Waals surface area contributed by atoms with Gasteiger partial charge < -0.3 is 10.6 Å². The van der Waals surface area contributed by atoms with E-state index in [2.05, 4.69) is 10.6 Å². The van der Waals surface area contributed by atoms with Crippen LogP contribution >= 0.6 is 0 Å². The number of nitrogens with one attached hydrogen (secondary N) is 2. The van der Waals surface area contributed by atoms with Crippen LogP contribution in [0.2, 0.25) is 0 Å². The molecule has 0 aromatic heterocycles. The molecular weight excluding hydrogens is 140 g/mol. The highest BCUT2D eigenvalue weighted by molar-refractivity contribution is 5.90. The van der Waals surface area contributed by atoms with E-state index in [4.69, 9.17) is 0 Å². The van der Waals surface area contributed by atoms with Gasteiger partial charge in [0.1, 0.15) is 0 Å². The first-order chi connectivity index (χ1) is 5.33. The molecule has 2 N–H and O–H groups in total. The Labute approximate surface area is 66.5 Å². The highest BCUT2D eigenvalue weighted by Crippen LogP contribution is 2.26. The maximum Gasteiger partial charge on any atom is 0.154 e. The van der Waals surface area contributed by atoms with Crippen molar-refractivity contribution in [2.24, 2.45) is 0 Å². The molecule has 0 bridgehead atoms. The molecule has 1 aliphatic heterocycles. The summed E-state index contributed by atoms with van der Waals surface area (Å²) in [6, 6.07) is 0. The molecule has 11 heavy (non-hydrogen) atoms. The van der Waals surface area contributed by atoms with Crippen molar-refractivity contribution in [2.45, 2.75) is 24.8 Å². The lowest BCUT2D eigenvalue weighted by Gasteiger charge is -2.33. The summed E-state index contributed by atoms with van der Waals surface area (Å²) in [5.41, 5.74) is -0.168. The number of ketones is 1. The van der Waals surface area contributed by atoms with E-state index < -0.39 is 0 Å². The molecule has 0 aromatic rings. The Bertz CT molecular complexity index is 173. The number of rotatable bonds is 0. The molecule has 1 atom stereocenters. The molecule has 0 amide bonds. The molecule has 0 aromatic carbocycles. The smallest absolute Gasteiger partial charge is 0.154 e. The van der Waals surface area contributed by atoms with E-state index in [0.717, 1.165) is 38.9 Å². The van der Waals surface area contributed by atoms with Crippen molar-refractivity contribution >= 4 is 5.78 Å². The lowest BCUT2D eigenvalue weighted by Crippen LogP contribution is -2.61. The fourth-order valence-corrected chi connectivity index (χ4v) is 2.06. The van der Waals surface area contributed by atoms with E-state index in [-0.39, 0.29) is 5.54 Å². The summed E-state index contributed by atoms with van der Waals surface area (Å²) < 4.78 is 0. The Hall–Kier alpha value is -0.410. The zero-order valence-corrected chi connectivity index (χ0v) is 6.65. The Morgan fingerprint density at radius 1 is 1.36 bits per heavy atom. The first kappa shape index (κ1) is 7.25. The number of Topliss-reactive ketones (excluding diaryl/α,β-unsaturated/α-hetero) is 1. The van der Waals surface area contributed by atoms with Gasteiger partial charge in [-0.2, -0.15) is 0 Å². The SMILES string of the molecule is O=C1CCCC12CNCCN2. The van der Waals surface area contributed by atoms with Crippen LogP contribution in [0.25, 0.3) is 0 Å². The summed E-state index contributed by atoms with van der Waals surface area (Å²) in [4.78, 5) is 11.4. The van der Waals surface area contributed by atoms with Gasteiger partial charge in [0.25, 0.3) is 0 Å². The minimum absolute atomic E-state index is 0.168. The van der Waals surface area contributed by atoms with Crippen molar-refractivity contribution in [3.63, 3.8) is 0 Å². The molecule has 0 radical (unpaired) electrons. The van der Waals surface area contributed by atoms with Gasteiger partial charge in [-0.05, 0) is 12.8 Å². The number of hydrogen-bond acceptors (Lipinski definition) is 3. The van der Waals surface area contributed by atoms with Crippen molar-refractivity contribution in [2.75, 3.05) is 19.6 Å². The van der Waals surface area contributed by atoms with Gasteiger partial charge >= 0.3 is 0 Å². The first-order valence-corrected chi connectivity index (χ1v) is 4.33. The molecule has 2 aliphatic rings. The van der Waals surface area contributed by atoms with Crippen LogP contribution in [0, 0.1) is 0 Å². The van der Waals surface area contributed by atoms with Gasteiger partial charge in [0.15, 0.2) is 5.78 Å². The molecule has 1 aliphatic carbocycles. The normalized spacial score (nSPS) is 38.4. The molecular formula is C8H14N2O. The summed E-state index contributed by atoms with van der Waals surface area (Å²) in [5, 5.41) is 6.60. The number of carbonyl (C=O) groups excluding carboxylic acids is 1. The van der Waals surface area contributed by atoms with Gasteiger partial charge in [0.05, 0.1) is 5.54 Å². The summed E-state index contributed by atoms with van der Waals surface area (Å²) >= 11 is 0. The van der Waals surface area contributed by atoms with Crippen molar-refractivity contribution in [3.8, 4) is 0 Å². The zero-order chi connectivity index (χ0) is 7.73. The van der Waals surface area contributed by atoms with Crippen LogP contribution in [0.4, 0.5) is 0 Å².